The van der Waals surface area contributed by atoms with Gasteiger partial charge in [0.25, 0.3) is 11.6 Å². The summed E-state index contributed by atoms with van der Waals surface area (Å²) in [6.45, 7) is -0.0867. The fourth-order valence-corrected chi connectivity index (χ4v) is 2.12. The Morgan fingerprint density at radius 3 is 2.60 bits per heavy atom. The number of rotatable bonds is 6. The molecule has 2 N–H and O–H groups in total. The molecule has 0 radical (unpaired) electrons. The summed E-state index contributed by atoms with van der Waals surface area (Å²) in [6.07, 6.45) is 0. The maximum absolute atomic E-state index is 11.7. The molecule has 0 atom stereocenters. The van der Waals surface area contributed by atoms with Gasteiger partial charge in [0.05, 0.1) is 10.7 Å². The topological polar surface area (TPSA) is 118 Å². The van der Waals surface area contributed by atoms with Crippen molar-refractivity contribution in [3.63, 3.8) is 0 Å². The largest absolute Gasteiger partial charge is 0.351 e. The van der Waals surface area contributed by atoms with Gasteiger partial charge in [0.1, 0.15) is 5.02 Å². The van der Waals surface area contributed by atoms with E-state index in [1.807, 2.05) is 0 Å². The van der Waals surface area contributed by atoms with E-state index in [-0.39, 0.29) is 28.6 Å². The van der Waals surface area contributed by atoms with Crippen LogP contribution in [0.1, 0.15) is 10.4 Å². The summed E-state index contributed by atoms with van der Waals surface area (Å²) >= 11 is 5.67. The van der Waals surface area contributed by atoms with Crippen LogP contribution in [0, 0.1) is 10.1 Å². The van der Waals surface area contributed by atoms with E-state index < -0.39 is 20.9 Å². The molecule has 1 rings (SSSR count). The number of benzene rings is 1. The number of halogens is 1. The van der Waals surface area contributed by atoms with Gasteiger partial charge in [0, 0.05) is 18.2 Å². The Balaban J connectivity index is 2.70. The second-order valence-electron chi connectivity index (χ2n) is 3.70. The first-order valence-corrected chi connectivity index (χ1v) is 7.43. The molecule has 0 aliphatic rings. The zero-order valence-electron chi connectivity index (χ0n) is 10.4. The van der Waals surface area contributed by atoms with Gasteiger partial charge < -0.3 is 5.32 Å². The highest BCUT2D eigenvalue weighted by atomic mass is 35.5. The second-order valence-corrected chi connectivity index (χ2v) is 6.16. The Labute approximate surface area is 120 Å². The maximum atomic E-state index is 11.7. The molecule has 110 valence electrons. The van der Waals surface area contributed by atoms with Crippen molar-refractivity contribution < 1.29 is 18.1 Å². The van der Waals surface area contributed by atoms with Gasteiger partial charge in [0.2, 0.25) is 10.0 Å². The molecule has 0 aliphatic heterocycles. The summed E-state index contributed by atoms with van der Waals surface area (Å²) < 4.78 is 24.4. The van der Waals surface area contributed by atoms with E-state index in [9.17, 15) is 23.3 Å². The van der Waals surface area contributed by atoms with Gasteiger partial charge in [-0.3, -0.25) is 14.9 Å². The first kappa shape index (κ1) is 16.3. The SMILES string of the molecule is CNS(=O)(=O)CCNC(=O)c1ccc([N+](=O)[O-])c(Cl)c1. The van der Waals surface area contributed by atoms with Crippen LogP contribution in [0.2, 0.25) is 5.02 Å². The van der Waals surface area contributed by atoms with Crippen molar-refractivity contribution in [3.05, 3.63) is 38.9 Å². The molecule has 0 bridgehead atoms. The lowest BCUT2D eigenvalue weighted by atomic mass is 10.2. The normalized spacial score (nSPS) is 11.1. The number of amides is 1. The molecule has 0 spiro atoms. The zero-order chi connectivity index (χ0) is 15.3. The molecule has 1 amide bonds. The molecule has 1 aromatic rings. The van der Waals surface area contributed by atoms with Crippen molar-refractivity contribution in [1.82, 2.24) is 10.0 Å². The molecule has 0 fully saturated rings. The number of sulfonamides is 1. The maximum Gasteiger partial charge on any atom is 0.287 e. The predicted molar refractivity (Wildman–Crippen MR) is 73.3 cm³/mol. The molecular weight excluding hydrogens is 310 g/mol. The van der Waals surface area contributed by atoms with E-state index in [1.54, 1.807) is 0 Å². The van der Waals surface area contributed by atoms with E-state index in [2.05, 4.69) is 10.0 Å². The van der Waals surface area contributed by atoms with E-state index in [0.29, 0.717) is 0 Å². The molecule has 0 saturated heterocycles. The van der Waals surface area contributed by atoms with Gasteiger partial charge >= 0.3 is 0 Å². The Kier molecular flexibility index (Phi) is 5.43. The molecule has 10 heteroatoms. The Morgan fingerprint density at radius 2 is 2.10 bits per heavy atom. The highest BCUT2D eigenvalue weighted by Crippen LogP contribution is 2.24. The monoisotopic (exact) mass is 321 g/mol. The van der Waals surface area contributed by atoms with Gasteiger partial charge in [-0.2, -0.15) is 0 Å². The Hall–Kier alpha value is -1.71. The number of nitrogens with one attached hydrogen (secondary N) is 2. The van der Waals surface area contributed by atoms with Crippen molar-refractivity contribution in [3.8, 4) is 0 Å². The highest BCUT2D eigenvalue weighted by Gasteiger charge is 2.15. The molecule has 0 heterocycles. The average molecular weight is 322 g/mol. The quantitative estimate of drug-likeness (QED) is 0.585. The van der Waals surface area contributed by atoms with E-state index in [4.69, 9.17) is 11.6 Å². The number of nitro benzene ring substituents is 1. The number of carbonyl (C=O) groups is 1. The number of nitrogens with zero attached hydrogens (tertiary/aromatic N) is 1. The second kappa shape index (κ2) is 6.64. The third kappa shape index (κ3) is 4.44. The van der Waals surface area contributed by atoms with Crippen molar-refractivity contribution in [2.75, 3.05) is 19.3 Å². The Morgan fingerprint density at radius 1 is 1.45 bits per heavy atom. The van der Waals surface area contributed by atoms with Gasteiger partial charge in [-0.05, 0) is 19.2 Å². The fourth-order valence-electron chi connectivity index (χ4n) is 1.30. The van der Waals surface area contributed by atoms with Crippen LogP contribution >= 0.6 is 11.6 Å². The van der Waals surface area contributed by atoms with Gasteiger partial charge in [-0.15, -0.1) is 0 Å². The fraction of sp³-hybridized carbons (Fsp3) is 0.300. The van der Waals surface area contributed by atoms with Crippen LogP contribution < -0.4 is 10.0 Å². The molecule has 0 saturated carbocycles. The van der Waals surface area contributed by atoms with Gasteiger partial charge in [-0.1, -0.05) is 11.6 Å². The molecule has 0 aromatic heterocycles. The number of carbonyl (C=O) groups excluding carboxylic acids is 1. The molecule has 8 nitrogen and oxygen atoms in total. The average Bonchev–Trinajstić information content (AvgIpc) is 2.37. The van der Waals surface area contributed by atoms with Crippen molar-refractivity contribution in [2.24, 2.45) is 0 Å². The number of nitro groups is 1. The van der Waals surface area contributed by atoms with Gasteiger partial charge in [0.15, 0.2) is 0 Å². The van der Waals surface area contributed by atoms with Crippen molar-refractivity contribution in [1.29, 1.82) is 0 Å². The summed E-state index contributed by atoms with van der Waals surface area (Å²) in [5.74, 6) is -0.830. The third-order valence-corrected chi connectivity index (χ3v) is 4.04. The van der Waals surface area contributed by atoms with Crippen LogP contribution in [0.3, 0.4) is 0 Å². The van der Waals surface area contributed by atoms with Gasteiger partial charge in [-0.25, -0.2) is 13.1 Å². The lowest BCUT2D eigenvalue weighted by Gasteiger charge is -2.06. The smallest absolute Gasteiger partial charge is 0.287 e. The molecule has 1 aromatic carbocycles. The first-order valence-electron chi connectivity index (χ1n) is 5.40. The third-order valence-electron chi connectivity index (χ3n) is 2.37. The lowest BCUT2D eigenvalue weighted by Crippen LogP contribution is -2.32. The minimum absolute atomic E-state index is 0.0867. The van der Waals surface area contributed by atoms with Crippen LogP contribution in [0.4, 0.5) is 5.69 Å². The molecule has 0 unspecified atom stereocenters. The zero-order valence-corrected chi connectivity index (χ0v) is 12.0. The Bertz CT molecular complexity index is 632. The van der Waals surface area contributed by atoms with E-state index >= 15 is 0 Å². The molecule has 0 aliphatic carbocycles. The summed E-state index contributed by atoms with van der Waals surface area (Å²) in [7, 11) is -2.13. The number of hydrogen-bond donors (Lipinski definition) is 2. The van der Waals surface area contributed by atoms with Crippen molar-refractivity contribution >= 4 is 33.2 Å². The highest BCUT2D eigenvalue weighted by molar-refractivity contribution is 7.89. The van der Waals surface area contributed by atoms with Crippen LogP contribution in [0.15, 0.2) is 18.2 Å². The standard InChI is InChI=1S/C10H12ClN3O5S/c1-12-20(18,19)5-4-13-10(15)7-2-3-9(14(16)17)8(11)6-7/h2-3,6,12H,4-5H2,1H3,(H,13,15). The predicted octanol–water partition coefficient (Wildman–Crippen LogP) is 0.527. The van der Waals surface area contributed by atoms with Crippen LogP contribution in [0.5, 0.6) is 0 Å². The summed E-state index contributed by atoms with van der Waals surface area (Å²) in [4.78, 5) is 21.6. The summed E-state index contributed by atoms with van der Waals surface area (Å²) in [6, 6.07) is 3.51. The minimum Gasteiger partial charge on any atom is -0.351 e. The van der Waals surface area contributed by atoms with Crippen LogP contribution in [0.25, 0.3) is 0 Å². The lowest BCUT2D eigenvalue weighted by molar-refractivity contribution is -0.384. The van der Waals surface area contributed by atoms with Crippen LogP contribution in [-0.2, 0) is 10.0 Å². The van der Waals surface area contributed by atoms with Crippen molar-refractivity contribution in [2.45, 2.75) is 0 Å². The van der Waals surface area contributed by atoms with Crippen LogP contribution in [-0.4, -0.2) is 38.6 Å². The van der Waals surface area contributed by atoms with E-state index in [0.717, 1.165) is 12.1 Å². The summed E-state index contributed by atoms with van der Waals surface area (Å²) in [5.41, 5.74) is -0.191. The van der Waals surface area contributed by atoms with E-state index in [1.165, 1.54) is 13.1 Å². The molecular formula is C10H12ClN3O5S. The first-order chi connectivity index (χ1) is 9.26. The number of hydrogen-bond acceptors (Lipinski definition) is 5. The minimum atomic E-state index is -3.40. The molecule has 20 heavy (non-hydrogen) atoms. The summed E-state index contributed by atoms with van der Waals surface area (Å²) in [5, 5.41) is 12.8.